The third-order valence-electron chi connectivity index (χ3n) is 1.87. The van der Waals surface area contributed by atoms with Gasteiger partial charge in [-0.3, -0.25) is 4.79 Å². The van der Waals surface area contributed by atoms with Crippen LogP contribution in [0.3, 0.4) is 0 Å². The van der Waals surface area contributed by atoms with Crippen LogP contribution in [0, 0.1) is 0 Å². The van der Waals surface area contributed by atoms with E-state index in [0.29, 0.717) is 0 Å². The number of nitrogens with one attached hydrogen (secondary N) is 1. The number of rotatable bonds is 2. The molecule has 1 amide bonds. The van der Waals surface area contributed by atoms with Gasteiger partial charge < -0.3 is 19.9 Å². The van der Waals surface area contributed by atoms with Crippen molar-refractivity contribution in [3.8, 4) is 0 Å². The van der Waals surface area contributed by atoms with E-state index in [-0.39, 0.29) is 12.5 Å². The van der Waals surface area contributed by atoms with Crippen LogP contribution in [0.15, 0.2) is 0 Å². The SMILES string of the molecule is CNC(=O)C1OC(C)(C)OC1CO. The van der Waals surface area contributed by atoms with E-state index in [1.54, 1.807) is 13.8 Å². The Balaban J connectivity index is 2.69. The lowest BCUT2D eigenvalue weighted by atomic mass is 10.2. The Morgan fingerprint density at radius 2 is 2.15 bits per heavy atom. The average Bonchev–Trinajstić information content (AvgIpc) is 2.39. The lowest BCUT2D eigenvalue weighted by molar-refractivity contribution is -0.156. The fourth-order valence-electron chi connectivity index (χ4n) is 1.33. The smallest absolute Gasteiger partial charge is 0.251 e. The van der Waals surface area contributed by atoms with Crippen LogP contribution in [0.25, 0.3) is 0 Å². The molecule has 5 heteroatoms. The standard InChI is InChI=1S/C8H15NO4/c1-8(2)12-5(4-10)6(13-8)7(11)9-3/h5-6,10H,4H2,1-3H3,(H,9,11). The molecule has 2 atom stereocenters. The zero-order valence-corrected chi connectivity index (χ0v) is 8.03. The molecule has 0 bridgehead atoms. The Kier molecular flexibility index (Phi) is 2.90. The van der Waals surface area contributed by atoms with Gasteiger partial charge >= 0.3 is 0 Å². The van der Waals surface area contributed by atoms with Crippen LogP contribution >= 0.6 is 0 Å². The topological polar surface area (TPSA) is 67.8 Å². The van der Waals surface area contributed by atoms with E-state index in [4.69, 9.17) is 14.6 Å². The van der Waals surface area contributed by atoms with E-state index in [9.17, 15) is 4.79 Å². The Morgan fingerprint density at radius 1 is 1.54 bits per heavy atom. The molecule has 0 aromatic carbocycles. The number of carbonyl (C=O) groups excluding carboxylic acids is 1. The molecule has 76 valence electrons. The minimum absolute atomic E-state index is 0.221. The van der Waals surface area contributed by atoms with Crippen molar-refractivity contribution in [2.45, 2.75) is 31.8 Å². The molecule has 0 aromatic heterocycles. The van der Waals surface area contributed by atoms with E-state index in [1.807, 2.05) is 0 Å². The van der Waals surface area contributed by atoms with Crippen molar-refractivity contribution in [1.29, 1.82) is 0 Å². The lowest BCUT2D eigenvalue weighted by Gasteiger charge is -2.16. The number of hydrogen-bond donors (Lipinski definition) is 2. The quantitative estimate of drug-likeness (QED) is 0.599. The van der Waals surface area contributed by atoms with Gasteiger partial charge in [0.2, 0.25) is 0 Å². The third-order valence-corrected chi connectivity index (χ3v) is 1.87. The molecule has 0 aromatic rings. The summed E-state index contributed by atoms with van der Waals surface area (Å²) in [5.74, 6) is -1.07. The first-order chi connectivity index (χ1) is 6.00. The molecule has 1 aliphatic rings. The number of aliphatic hydroxyl groups is 1. The summed E-state index contributed by atoms with van der Waals surface area (Å²) in [4.78, 5) is 11.2. The molecule has 0 spiro atoms. The average molecular weight is 189 g/mol. The number of carbonyl (C=O) groups is 1. The van der Waals surface area contributed by atoms with E-state index in [2.05, 4.69) is 5.32 Å². The summed E-state index contributed by atoms with van der Waals surface area (Å²) >= 11 is 0. The molecule has 1 saturated heterocycles. The second kappa shape index (κ2) is 3.61. The summed E-state index contributed by atoms with van der Waals surface area (Å²) in [6.45, 7) is 3.19. The Labute approximate surface area is 77.0 Å². The normalized spacial score (nSPS) is 31.7. The van der Waals surface area contributed by atoms with Crippen LogP contribution in [0.1, 0.15) is 13.8 Å². The molecular weight excluding hydrogens is 174 g/mol. The zero-order valence-electron chi connectivity index (χ0n) is 8.03. The van der Waals surface area contributed by atoms with Crippen LogP contribution in [0.4, 0.5) is 0 Å². The van der Waals surface area contributed by atoms with Gasteiger partial charge in [-0.1, -0.05) is 0 Å². The minimum atomic E-state index is -0.801. The maximum Gasteiger partial charge on any atom is 0.251 e. The first-order valence-corrected chi connectivity index (χ1v) is 4.18. The number of ether oxygens (including phenoxy) is 2. The number of aliphatic hydroxyl groups excluding tert-OH is 1. The fourth-order valence-corrected chi connectivity index (χ4v) is 1.33. The van der Waals surface area contributed by atoms with E-state index in [0.717, 1.165) is 0 Å². The maximum absolute atomic E-state index is 11.2. The van der Waals surface area contributed by atoms with Gasteiger partial charge in [0.15, 0.2) is 11.9 Å². The molecule has 0 radical (unpaired) electrons. The van der Waals surface area contributed by atoms with E-state index < -0.39 is 18.0 Å². The zero-order chi connectivity index (χ0) is 10.1. The van der Waals surface area contributed by atoms with Gasteiger partial charge in [0, 0.05) is 7.05 Å². The summed E-state index contributed by atoms with van der Waals surface area (Å²) in [6, 6.07) is 0. The van der Waals surface area contributed by atoms with Crippen LogP contribution in [-0.2, 0) is 14.3 Å². The number of amides is 1. The second-order valence-electron chi connectivity index (χ2n) is 3.39. The van der Waals surface area contributed by atoms with Crippen molar-refractivity contribution in [3.63, 3.8) is 0 Å². The largest absolute Gasteiger partial charge is 0.394 e. The minimum Gasteiger partial charge on any atom is -0.394 e. The predicted octanol–water partition coefficient (Wildman–Crippen LogP) is -0.755. The number of hydrogen-bond acceptors (Lipinski definition) is 4. The predicted molar refractivity (Wildman–Crippen MR) is 45.0 cm³/mol. The van der Waals surface area contributed by atoms with Crippen molar-refractivity contribution >= 4 is 5.91 Å². The molecule has 5 nitrogen and oxygen atoms in total. The van der Waals surface area contributed by atoms with Gasteiger partial charge in [0.25, 0.3) is 5.91 Å². The Morgan fingerprint density at radius 3 is 2.62 bits per heavy atom. The molecule has 13 heavy (non-hydrogen) atoms. The first-order valence-electron chi connectivity index (χ1n) is 4.18. The van der Waals surface area contributed by atoms with Gasteiger partial charge in [-0.2, -0.15) is 0 Å². The molecular formula is C8H15NO4. The van der Waals surface area contributed by atoms with Crippen molar-refractivity contribution in [1.82, 2.24) is 5.32 Å². The number of likely N-dealkylation sites (N-methyl/N-ethyl adjacent to an activating group) is 1. The molecule has 0 saturated carbocycles. The summed E-state index contributed by atoms with van der Waals surface area (Å²) in [5.41, 5.74) is 0. The molecule has 2 unspecified atom stereocenters. The van der Waals surface area contributed by atoms with Crippen molar-refractivity contribution in [2.75, 3.05) is 13.7 Å². The maximum atomic E-state index is 11.2. The van der Waals surface area contributed by atoms with Gasteiger partial charge in [0.05, 0.1) is 6.61 Å². The summed E-state index contributed by atoms with van der Waals surface area (Å²) in [7, 11) is 1.52. The van der Waals surface area contributed by atoms with Gasteiger partial charge in [-0.15, -0.1) is 0 Å². The van der Waals surface area contributed by atoms with Gasteiger partial charge in [-0.25, -0.2) is 0 Å². The Bertz CT molecular complexity index is 204. The van der Waals surface area contributed by atoms with Gasteiger partial charge in [-0.05, 0) is 13.8 Å². The monoisotopic (exact) mass is 189 g/mol. The fraction of sp³-hybridized carbons (Fsp3) is 0.875. The second-order valence-corrected chi connectivity index (χ2v) is 3.39. The summed E-state index contributed by atoms with van der Waals surface area (Å²) in [6.07, 6.45) is -1.29. The molecule has 1 aliphatic heterocycles. The van der Waals surface area contributed by atoms with Crippen LogP contribution in [0.5, 0.6) is 0 Å². The van der Waals surface area contributed by atoms with Crippen molar-refractivity contribution in [3.05, 3.63) is 0 Å². The molecule has 2 N–H and O–H groups in total. The van der Waals surface area contributed by atoms with Crippen molar-refractivity contribution in [2.24, 2.45) is 0 Å². The van der Waals surface area contributed by atoms with E-state index >= 15 is 0 Å². The highest BCUT2D eigenvalue weighted by molar-refractivity contribution is 5.81. The van der Waals surface area contributed by atoms with Crippen LogP contribution in [-0.4, -0.2) is 42.7 Å². The summed E-state index contributed by atoms with van der Waals surface area (Å²) in [5, 5.41) is 11.4. The highest BCUT2D eigenvalue weighted by Crippen LogP contribution is 2.27. The highest BCUT2D eigenvalue weighted by Gasteiger charge is 2.44. The molecule has 1 fully saturated rings. The molecule has 1 rings (SSSR count). The lowest BCUT2D eigenvalue weighted by Crippen LogP contribution is -2.40. The summed E-state index contributed by atoms with van der Waals surface area (Å²) < 4.78 is 10.6. The van der Waals surface area contributed by atoms with Crippen LogP contribution < -0.4 is 5.32 Å². The van der Waals surface area contributed by atoms with Gasteiger partial charge in [0.1, 0.15) is 6.10 Å². The first kappa shape index (κ1) is 10.4. The molecule has 1 heterocycles. The van der Waals surface area contributed by atoms with E-state index in [1.165, 1.54) is 7.05 Å². The van der Waals surface area contributed by atoms with Crippen molar-refractivity contribution < 1.29 is 19.4 Å². The Hall–Kier alpha value is -0.650. The highest BCUT2D eigenvalue weighted by atomic mass is 16.8. The van der Waals surface area contributed by atoms with Crippen LogP contribution in [0.2, 0.25) is 0 Å². The third kappa shape index (κ3) is 2.18. The molecule has 0 aliphatic carbocycles.